The van der Waals surface area contributed by atoms with Gasteiger partial charge in [0, 0.05) is 6.07 Å². The van der Waals surface area contributed by atoms with Gasteiger partial charge in [0.15, 0.2) is 12.0 Å². The average molecular weight is 427 g/mol. The molecule has 0 bridgehead atoms. The first-order chi connectivity index (χ1) is 12.1. The maximum Gasteiger partial charge on any atom is 0.409 e. The molecule has 0 radical (unpaired) electrons. The van der Waals surface area contributed by atoms with Crippen LogP contribution in [0.1, 0.15) is 45.8 Å². The Hall–Kier alpha value is -0.850. The monoisotopic (exact) mass is 425 g/mol. The number of alkyl carbamates (subject to hydrolysis) is 1. The predicted octanol–water partition coefficient (Wildman–Crippen LogP) is 5.28. The number of rotatable bonds is 5. The second-order valence-corrected chi connectivity index (χ2v) is 9.72. The number of carbonyl (C=O) groups is 1. The summed E-state index contributed by atoms with van der Waals surface area (Å²) in [7, 11) is 0. The smallest absolute Gasteiger partial charge is 0.409 e. The van der Waals surface area contributed by atoms with Gasteiger partial charge in [-0.1, -0.05) is 67.2 Å². The van der Waals surface area contributed by atoms with Crippen LogP contribution in [-0.4, -0.2) is 27.3 Å². The number of aryl methyl sites for hydroxylation is 1. The van der Waals surface area contributed by atoms with E-state index in [2.05, 4.69) is 36.6 Å². The van der Waals surface area contributed by atoms with Gasteiger partial charge in [-0.05, 0) is 37.5 Å². The fourth-order valence-corrected chi connectivity index (χ4v) is 3.65. The van der Waals surface area contributed by atoms with Crippen molar-refractivity contribution in [3.63, 3.8) is 0 Å². The Bertz CT molecular complexity index is 604. The molecule has 1 aromatic rings. The number of carbonyl (C=O) groups excluding carboxylic acids is 1. The highest BCUT2D eigenvalue weighted by Gasteiger charge is 2.37. The zero-order valence-corrected chi connectivity index (χ0v) is 17.7. The summed E-state index contributed by atoms with van der Waals surface area (Å²) in [4.78, 5) is 12.4. The molecule has 1 amide bonds. The molecule has 4 atom stereocenters. The predicted molar refractivity (Wildman–Crippen MR) is 104 cm³/mol. The van der Waals surface area contributed by atoms with E-state index in [1.165, 1.54) is 0 Å². The Morgan fingerprint density at radius 2 is 2.08 bits per heavy atom. The molecular weight excluding hydrogens is 401 g/mol. The van der Waals surface area contributed by atoms with E-state index in [4.69, 9.17) is 44.1 Å². The lowest BCUT2D eigenvalue weighted by atomic mass is 9.75. The zero-order chi connectivity index (χ0) is 19.5. The summed E-state index contributed by atoms with van der Waals surface area (Å²) in [5.74, 6) is 2.22. The summed E-state index contributed by atoms with van der Waals surface area (Å²) in [5, 5.41) is 9.21. The summed E-state index contributed by atoms with van der Waals surface area (Å²) in [6.45, 7) is 8.20. The van der Waals surface area contributed by atoms with Crippen molar-refractivity contribution in [1.29, 1.82) is 0 Å². The summed E-state index contributed by atoms with van der Waals surface area (Å²) in [6, 6.07) is 1.63. The molecule has 1 aliphatic carbocycles. The van der Waals surface area contributed by atoms with E-state index in [0.717, 1.165) is 19.3 Å². The van der Waals surface area contributed by atoms with Gasteiger partial charge < -0.3 is 14.6 Å². The highest BCUT2D eigenvalue weighted by Crippen LogP contribution is 2.36. The van der Waals surface area contributed by atoms with Crippen molar-refractivity contribution < 1.29 is 14.1 Å². The lowest BCUT2D eigenvalue weighted by Gasteiger charge is -2.37. The standard InChI is InChI=1S/C17H26Cl3N3O3/c1-9(2)12-6-5-10(3)7-13(12)25-16(24)22-15(17(18,19)20)21-14-8-11(4)26-23-14/h8-10,12-13,15H,5-7H2,1-4H3,(H,21,23)(H,22,24)/t10-,12-,13+,15+/m0/s1. The first kappa shape index (κ1) is 21.5. The molecule has 0 unspecified atom stereocenters. The van der Waals surface area contributed by atoms with Crippen LogP contribution in [0.15, 0.2) is 10.6 Å². The number of alkyl halides is 3. The molecule has 1 heterocycles. The molecule has 2 rings (SSSR count). The van der Waals surface area contributed by atoms with Gasteiger partial charge in [0.05, 0.1) is 0 Å². The van der Waals surface area contributed by atoms with Gasteiger partial charge in [-0.2, -0.15) is 0 Å². The van der Waals surface area contributed by atoms with Crippen molar-refractivity contribution in [3.8, 4) is 0 Å². The van der Waals surface area contributed by atoms with Crippen LogP contribution in [0.5, 0.6) is 0 Å². The van der Waals surface area contributed by atoms with Crippen LogP contribution in [0.2, 0.25) is 0 Å². The first-order valence-corrected chi connectivity index (χ1v) is 9.93. The molecule has 1 fully saturated rings. The zero-order valence-electron chi connectivity index (χ0n) is 15.4. The molecule has 0 spiro atoms. The van der Waals surface area contributed by atoms with E-state index in [-0.39, 0.29) is 6.10 Å². The molecule has 2 N–H and O–H groups in total. The maximum absolute atomic E-state index is 12.4. The highest BCUT2D eigenvalue weighted by atomic mass is 35.6. The Labute approximate surface area is 169 Å². The molecule has 148 valence electrons. The molecular formula is C17H26Cl3N3O3. The van der Waals surface area contributed by atoms with Gasteiger partial charge in [0.2, 0.25) is 3.79 Å². The van der Waals surface area contributed by atoms with Crippen molar-refractivity contribution in [2.24, 2.45) is 17.8 Å². The van der Waals surface area contributed by atoms with Crippen molar-refractivity contribution in [3.05, 3.63) is 11.8 Å². The summed E-state index contributed by atoms with van der Waals surface area (Å²) in [5.41, 5.74) is 0. The van der Waals surface area contributed by atoms with E-state index in [1.54, 1.807) is 13.0 Å². The van der Waals surface area contributed by atoms with Gasteiger partial charge in [0.1, 0.15) is 11.9 Å². The Morgan fingerprint density at radius 3 is 2.62 bits per heavy atom. The van der Waals surface area contributed by atoms with Gasteiger partial charge in [-0.15, -0.1) is 0 Å². The van der Waals surface area contributed by atoms with Gasteiger partial charge >= 0.3 is 6.09 Å². The molecule has 0 saturated heterocycles. The number of hydrogen-bond donors (Lipinski definition) is 2. The Balaban J connectivity index is 2.01. The van der Waals surface area contributed by atoms with E-state index in [0.29, 0.717) is 29.3 Å². The minimum Gasteiger partial charge on any atom is -0.446 e. The first-order valence-electron chi connectivity index (χ1n) is 8.80. The van der Waals surface area contributed by atoms with Gasteiger partial charge in [-0.3, -0.25) is 5.32 Å². The molecule has 26 heavy (non-hydrogen) atoms. The van der Waals surface area contributed by atoms with Crippen molar-refractivity contribution in [1.82, 2.24) is 10.5 Å². The van der Waals surface area contributed by atoms with Crippen molar-refractivity contribution >= 4 is 46.7 Å². The van der Waals surface area contributed by atoms with Crippen LogP contribution in [0.4, 0.5) is 10.6 Å². The second-order valence-electron chi connectivity index (χ2n) is 7.36. The van der Waals surface area contributed by atoms with Crippen LogP contribution in [-0.2, 0) is 4.74 Å². The number of nitrogens with zero attached hydrogens (tertiary/aromatic N) is 1. The Kier molecular flexibility index (Phi) is 7.34. The minimum atomic E-state index is -1.80. The number of ether oxygens (including phenoxy) is 1. The third kappa shape index (κ3) is 6.10. The SMILES string of the molecule is Cc1cc(N[C@H](NC(=O)O[C@@H]2C[C@@H](C)CC[C@H]2C(C)C)C(Cl)(Cl)Cl)no1. The molecule has 0 aliphatic heterocycles. The summed E-state index contributed by atoms with van der Waals surface area (Å²) >= 11 is 18.0. The van der Waals surface area contributed by atoms with E-state index in [1.807, 2.05) is 0 Å². The molecule has 1 aromatic heterocycles. The molecule has 1 aliphatic rings. The summed E-state index contributed by atoms with van der Waals surface area (Å²) < 4.78 is 8.86. The largest absolute Gasteiger partial charge is 0.446 e. The highest BCUT2D eigenvalue weighted by molar-refractivity contribution is 6.68. The van der Waals surface area contributed by atoms with Crippen LogP contribution in [0.25, 0.3) is 0 Å². The molecule has 9 heteroatoms. The van der Waals surface area contributed by atoms with Gasteiger partial charge in [0.25, 0.3) is 0 Å². The minimum absolute atomic E-state index is 0.149. The summed E-state index contributed by atoms with van der Waals surface area (Å²) in [6.07, 6.45) is 1.23. The van der Waals surface area contributed by atoms with E-state index >= 15 is 0 Å². The number of anilines is 1. The molecule has 6 nitrogen and oxygen atoms in total. The Morgan fingerprint density at radius 1 is 1.38 bits per heavy atom. The van der Waals surface area contributed by atoms with Crippen LogP contribution in [0, 0.1) is 24.7 Å². The third-order valence-corrected chi connectivity index (χ3v) is 5.38. The fourth-order valence-electron chi connectivity index (χ4n) is 3.32. The normalized spacial score (nSPS) is 25.0. The number of nitrogens with one attached hydrogen (secondary N) is 2. The van der Waals surface area contributed by atoms with Crippen LogP contribution < -0.4 is 10.6 Å². The quantitative estimate of drug-likeness (QED) is 0.495. The van der Waals surface area contributed by atoms with E-state index in [9.17, 15) is 4.79 Å². The van der Waals surface area contributed by atoms with Crippen LogP contribution in [0.3, 0.4) is 0 Å². The third-order valence-electron chi connectivity index (χ3n) is 4.73. The van der Waals surface area contributed by atoms with E-state index < -0.39 is 16.1 Å². The lowest BCUT2D eigenvalue weighted by Crippen LogP contribution is -2.50. The molecule has 0 aromatic carbocycles. The average Bonchev–Trinajstić information content (AvgIpc) is 2.90. The number of amides is 1. The molecule has 1 saturated carbocycles. The second kappa shape index (κ2) is 8.89. The van der Waals surface area contributed by atoms with Gasteiger partial charge in [-0.25, -0.2) is 4.79 Å². The van der Waals surface area contributed by atoms with Crippen molar-refractivity contribution in [2.75, 3.05) is 5.32 Å². The number of aromatic nitrogens is 1. The number of hydrogen-bond acceptors (Lipinski definition) is 5. The van der Waals surface area contributed by atoms with Crippen LogP contribution >= 0.6 is 34.8 Å². The lowest BCUT2D eigenvalue weighted by molar-refractivity contribution is 0.00533. The van der Waals surface area contributed by atoms with Crippen molar-refractivity contribution in [2.45, 2.75) is 63.0 Å². The topological polar surface area (TPSA) is 76.4 Å². The maximum atomic E-state index is 12.4. The number of halogens is 3. The fraction of sp³-hybridized carbons (Fsp3) is 0.765.